The van der Waals surface area contributed by atoms with Crippen LogP contribution in [0, 0.1) is 0 Å². The zero-order valence-electron chi connectivity index (χ0n) is 16.5. The fourth-order valence-corrected chi connectivity index (χ4v) is 3.25. The zero-order valence-corrected chi connectivity index (χ0v) is 16.5. The van der Waals surface area contributed by atoms with Gasteiger partial charge in [0.1, 0.15) is 12.4 Å². The van der Waals surface area contributed by atoms with Gasteiger partial charge in [-0.2, -0.15) is 0 Å². The van der Waals surface area contributed by atoms with Crippen molar-refractivity contribution < 1.29 is 9.53 Å². The van der Waals surface area contributed by atoms with Gasteiger partial charge >= 0.3 is 6.09 Å². The summed E-state index contributed by atoms with van der Waals surface area (Å²) in [6.07, 6.45) is 1.93. The molecule has 0 spiro atoms. The highest BCUT2D eigenvalue weighted by molar-refractivity contribution is 5.68. The molecule has 5 nitrogen and oxygen atoms in total. The summed E-state index contributed by atoms with van der Waals surface area (Å²) in [5.74, 6) is 0.767. The largest absolute Gasteiger partial charge is 0.445 e. The maximum Gasteiger partial charge on any atom is 0.408 e. The van der Waals surface area contributed by atoms with E-state index in [9.17, 15) is 4.79 Å². The van der Waals surface area contributed by atoms with Crippen LogP contribution in [0.15, 0.2) is 97.2 Å². The van der Waals surface area contributed by atoms with Gasteiger partial charge in [0.25, 0.3) is 0 Å². The Labute approximate surface area is 175 Å². The predicted molar refractivity (Wildman–Crippen MR) is 117 cm³/mol. The lowest BCUT2D eigenvalue weighted by Crippen LogP contribution is -2.30. The van der Waals surface area contributed by atoms with E-state index in [-0.39, 0.29) is 12.6 Å². The first-order chi connectivity index (χ1) is 14.8. The molecule has 30 heavy (non-hydrogen) atoms. The van der Waals surface area contributed by atoms with Crippen molar-refractivity contribution >= 4 is 6.09 Å². The number of hydrogen-bond donors (Lipinski definition) is 2. The fourth-order valence-electron chi connectivity index (χ4n) is 3.25. The molecular weight excluding hydrogens is 374 g/mol. The molecule has 0 aliphatic carbocycles. The molecule has 4 aromatic rings. The van der Waals surface area contributed by atoms with E-state index in [2.05, 4.69) is 15.3 Å². The van der Waals surface area contributed by atoms with Crippen LogP contribution in [-0.2, 0) is 17.8 Å². The van der Waals surface area contributed by atoms with Crippen molar-refractivity contribution in [1.82, 2.24) is 15.3 Å². The van der Waals surface area contributed by atoms with Gasteiger partial charge in [0.15, 0.2) is 0 Å². The summed E-state index contributed by atoms with van der Waals surface area (Å²) < 4.78 is 5.42. The molecule has 1 atom stereocenters. The molecule has 0 saturated heterocycles. The Bertz CT molecular complexity index is 1060. The average molecular weight is 397 g/mol. The highest BCUT2D eigenvalue weighted by Crippen LogP contribution is 2.21. The number of rotatable bonds is 7. The van der Waals surface area contributed by atoms with Gasteiger partial charge in [-0.05, 0) is 17.5 Å². The number of nitrogens with zero attached hydrogens (tertiary/aromatic N) is 1. The van der Waals surface area contributed by atoms with Crippen LogP contribution in [0.2, 0.25) is 0 Å². The average Bonchev–Trinajstić information content (AvgIpc) is 3.30. The van der Waals surface area contributed by atoms with Gasteiger partial charge in [-0.25, -0.2) is 9.78 Å². The number of ether oxygens (including phenoxy) is 1. The van der Waals surface area contributed by atoms with E-state index in [1.165, 1.54) is 0 Å². The number of H-pyrrole nitrogens is 1. The number of aromatic amines is 1. The van der Waals surface area contributed by atoms with Crippen LogP contribution in [0.4, 0.5) is 4.79 Å². The normalized spacial score (nSPS) is 11.6. The van der Waals surface area contributed by atoms with Gasteiger partial charge in [0.2, 0.25) is 0 Å². The van der Waals surface area contributed by atoms with Crippen LogP contribution >= 0.6 is 0 Å². The van der Waals surface area contributed by atoms with Crippen molar-refractivity contribution in [3.63, 3.8) is 0 Å². The molecule has 0 unspecified atom stereocenters. The summed E-state index contributed by atoms with van der Waals surface area (Å²) >= 11 is 0. The van der Waals surface area contributed by atoms with Crippen LogP contribution in [0.3, 0.4) is 0 Å². The summed E-state index contributed by atoms with van der Waals surface area (Å²) in [6.45, 7) is 0.225. The third-order valence-corrected chi connectivity index (χ3v) is 4.81. The number of nitrogens with one attached hydrogen (secondary N) is 2. The van der Waals surface area contributed by atoms with Crippen LogP contribution < -0.4 is 5.32 Å². The van der Waals surface area contributed by atoms with Crippen molar-refractivity contribution in [2.24, 2.45) is 0 Å². The number of hydrogen-bond acceptors (Lipinski definition) is 3. The fraction of sp³-hybridized carbons (Fsp3) is 0.120. The van der Waals surface area contributed by atoms with E-state index >= 15 is 0 Å². The Hall–Kier alpha value is -3.86. The summed E-state index contributed by atoms with van der Waals surface area (Å²) in [4.78, 5) is 20.3. The molecule has 4 rings (SSSR count). The van der Waals surface area contributed by atoms with Crippen molar-refractivity contribution in [1.29, 1.82) is 0 Å². The minimum Gasteiger partial charge on any atom is -0.445 e. The van der Waals surface area contributed by atoms with Crippen molar-refractivity contribution in [3.8, 4) is 11.4 Å². The second kappa shape index (κ2) is 9.56. The standard InChI is InChI=1S/C25H23N3O2/c29-25(30-18-20-12-6-2-7-13-20)28-22(16-19-10-4-1-5-11-19)23-17-26-24(27-23)21-14-8-3-9-15-21/h1-15,17,22H,16,18H2,(H,26,27)(H,28,29)/t22-/m0/s1. The predicted octanol–water partition coefficient (Wildman–Crippen LogP) is 5.29. The number of alkyl carbamates (subject to hydrolysis) is 1. The second-order valence-electron chi connectivity index (χ2n) is 7.00. The summed E-state index contributed by atoms with van der Waals surface area (Å²) in [5, 5.41) is 2.98. The number of amides is 1. The van der Waals surface area contributed by atoms with Gasteiger partial charge in [-0.15, -0.1) is 0 Å². The van der Waals surface area contributed by atoms with Crippen LogP contribution in [0.1, 0.15) is 22.9 Å². The maximum absolute atomic E-state index is 12.5. The van der Waals surface area contributed by atoms with Crippen molar-refractivity contribution in [2.75, 3.05) is 0 Å². The summed E-state index contributed by atoms with van der Waals surface area (Å²) in [7, 11) is 0. The van der Waals surface area contributed by atoms with Crippen molar-refractivity contribution in [3.05, 3.63) is 114 Å². The molecule has 1 amide bonds. The topological polar surface area (TPSA) is 67.0 Å². The van der Waals surface area contributed by atoms with E-state index in [1.807, 2.05) is 91.0 Å². The van der Waals surface area contributed by atoms with Crippen molar-refractivity contribution in [2.45, 2.75) is 19.1 Å². The van der Waals surface area contributed by atoms with E-state index in [4.69, 9.17) is 4.74 Å². The molecule has 0 aliphatic rings. The summed E-state index contributed by atoms with van der Waals surface area (Å²) in [6, 6.07) is 29.3. The molecule has 3 aromatic carbocycles. The van der Waals surface area contributed by atoms with Gasteiger partial charge < -0.3 is 15.0 Å². The van der Waals surface area contributed by atoms with E-state index in [0.29, 0.717) is 6.42 Å². The lowest BCUT2D eigenvalue weighted by molar-refractivity contribution is 0.135. The number of carbonyl (C=O) groups is 1. The molecule has 150 valence electrons. The Morgan fingerprint density at radius 2 is 1.47 bits per heavy atom. The molecular formula is C25H23N3O2. The third kappa shape index (κ3) is 5.14. The SMILES string of the molecule is O=C(N[C@@H](Cc1ccccc1)c1cnc(-c2ccccc2)[nH]1)OCc1ccccc1. The number of carbonyl (C=O) groups excluding carboxylic acids is 1. The molecule has 1 aromatic heterocycles. The Balaban J connectivity index is 1.49. The molecule has 0 aliphatic heterocycles. The Kier molecular flexibility index (Phi) is 6.20. The lowest BCUT2D eigenvalue weighted by Gasteiger charge is -2.17. The minimum absolute atomic E-state index is 0.225. The summed E-state index contributed by atoms with van der Waals surface area (Å²) in [5.41, 5.74) is 3.88. The van der Waals surface area contributed by atoms with Gasteiger partial charge in [-0.3, -0.25) is 0 Å². The number of imidazole rings is 1. The number of benzene rings is 3. The quantitative estimate of drug-likeness (QED) is 0.445. The Morgan fingerprint density at radius 1 is 0.867 bits per heavy atom. The monoisotopic (exact) mass is 397 g/mol. The van der Waals surface area contributed by atoms with E-state index < -0.39 is 6.09 Å². The molecule has 0 fully saturated rings. The highest BCUT2D eigenvalue weighted by atomic mass is 16.5. The molecule has 1 heterocycles. The second-order valence-corrected chi connectivity index (χ2v) is 7.00. The molecule has 0 bridgehead atoms. The van der Waals surface area contributed by atoms with Gasteiger partial charge in [0, 0.05) is 5.56 Å². The number of aromatic nitrogens is 2. The first kappa shape index (κ1) is 19.5. The highest BCUT2D eigenvalue weighted by Gasteiger charge is 2.19. The van der Waals surface area contributed by atoms with Crippen LogP contribution in [0.25, 0.3) is 11.4 Å². The van der Waals surface area contributed by atoms with E-state index in [1.54, 1.807) is 6.20 Å². The first-order valence-corrected chi connectivity index (χ1v) is 9.89. The maximum atomic E-state index is 12.5. The van der Waals surface area contributed by atoms with E-state index in [0.717, 1.165) is 28.2 Å². The third-order valence-electron chi connectivity index (χ3n) is 4.81. The smallest absolute Gasteiger partial charge is 0.408 e. The molecule has 0 radical (unpaired) electrons. The molecule has 0 saturated carbocycles. The zero-order chi connectivity index (χ0) is 20.6. The minimum atomic E-state index is -0.462. The van der Waals surface area contributed by atoms with Gasteiger partial charge in [-0.1, -0.05) is 91.0 Å². The lowest BCUT2D eigenvalue weighted by atomic mass is 10.0. The van der Waals surface area contributed by atoms with Gasteiger partial charge in [0.05, 0.1) is 17.9 Å². The van der Waals surface area contributed by atoms with Crippen LogP contribution in [0.5, 0.6) is 0 Å². The molecule has 2 N–H and O–H groups in total. The molecule has 5 heteroatoms. The van der Waals surface area contributed by atoms with Crippen LogP contribution in [-0.4, -0.2) is 16.1 Å². The first-order valence-electron chi connectivity index (χ1n) is 9.89. The Morgan fingerprint density at radius 3 is 2.13 bits per heavy atom.